The van der Waals surface area contributed by atoms with E-state index >= 15 is 4.39 Å². The molecule has 0 spiro atoms. The third-order valence-electron chi connectivity index (χ3n) is 7.84. The van der Waals surface area contributed by atoms with Crippen molar-refractivity contribution in [3.63, 3.8) is 0 Å². The van der Waals surface area contributed by atoms with Crippen molar-refractivity contribution >= 4 is 24.5 Å². The second-order valence-electron chi connectivity index (χ2n) is 11.8. The summed E-state index contributed by atoms with van der Waals surface area (Å²) in [4.78, 5) is 41.2. The first kappa shape index (κ1) is 34.1. The summed E-state index contributed by atoms with van der Waals surface area (Å²) < 4.78 is 17.2. The van der Waals surface area contributed by atoms with E-state index in [9.17, 15) is 19.5 Å². The number of nitrogens with zero attached hydrogens (tertiary/aromatic N) is 2. The van der Waals surface area contributed by atoms with Gasteiger partial charge in [0.1, 0.15) is 11.9 Å². The quantitative estimate of drug-likeness (QED) is 0.208. The van der Waals surface area contributed by atoms with Gasteiger partial charge in [-0.3, -0.25) is 14.4 Å². The number of aliphatic carboxylic acids is 1. The van der Waals surface area contributed by atoms with Gasteiger partial charge in [-0.2, -0.15) is 12.6 Å². The number of hydrogen-bond donors (Lipinski definition) is 3. The molecule has 43 heavy (non-hydrogen) atoms. The first-order valence-corrected chi connectivity index (χ1v) is 15.1. The first-order valence-electron chi connectivity index (χ1n) is 14.6. The van der Waals surface area contributed by atoms with Crippen molar-refractivity contribution in [1.29, 1.82) is 0 Å². The van der Waals surface area contributed by atoms with Crippen molar-refractivity contribution in [2.45, 2.75) is 77.6 Å². The van der Waals surface area contributed by atoms with E-state index in [1.807, 2.05) is 64.9 Å². The van der Waals surface area contributed by atoms with E-state index in [0.717, 1.165) is 39.9 Å². The number of nitrogens with one attached hydrogen (secondary N) is 1. The molecule has 7 nitrogen and oxygen atoms in total. The number of likely N-dealkylation sites (N-methyl/N-ethyl adjacent to an activating group) is 1. The summed E-state index contributed by atoms with van der Waals surface area (Å²) in [6.45, 7) is 10.1. The molecule has 1 heterocycles. The fraction of sp³-hybridized carbons (Fsp3) is 0.441. The number of carbonyl (C=O) groups is 2. The largest absolute Gasteiger partial charge is 0.481 e. The lowest BCUT2D eigenvalue weighted by Crippen LogP contribution is -2.40. The number of aromatic nitrogens is 1. The highest BCUT2D eigenvalue weighted by Gasteiger charge is 2.29. The van der Waals surface area contributed by atoms with Gasteiger partial charge in [0.25, 0.3) is 5.56 Å². The average molecular weight is 610 g/mol. The van der Waals surface area contributed by atoms with Gasteiger partial charge in [0.15, 0.2) is 0 Å². The molecule has 3 rings (SSSR count). The third-order valence-corrected chi connectivity index (χ3v) is 8.10. The molecule has 1 amide bonds. The molecule has 2 unspecified atom stereocenters. The Morgan fingerprint density at radius 1 is 1.02 bits per heavy atom. The minimum atomic E-state index is -1.18. The number of thiol groups is 1. The average Bonchev–Trinajstić information content (AvgIpc) is 2.90. The second-order valence-corrected chi connectivity index (χ2v) is 12.7. The maximum Gasteiger partial charge on any atom is 0.305 e. The van der Waals surface area contributed by atoms with Crippen LogP contribution in [0.3, 0.4) is 0 Å². The van der Waals surface area contributed by atoms with Crippen molar-refractivity contribution in [2.24, 2.45) is 0 Å². The van der Waals surface area contributed by atoms with E-state index in [0.29, 0.717) is 24.8 Å². The number of carbonyl (C=O) groups excluding carboxylic acids is 1. The van der Waals surface area contributed by atoms with E-state index < -0.39 is 36.2 Å². The van der Waals surface area contributed by atoms with Crippen LogP contribution in [-0.2, 0) is 16.0 Å². The van der Waals surface area contributed by atoms with Crippen molar-refractivity contribution in [3.05, 3.63) is 92.1 Å². The molecule has 2 aromatic carbocycles. The third kappa shape index (κ3) is 8.80. The highest BCUT2D eigenvalue weighted by molar-refractivity contribution is 7.80. The number of rotatable bonds is 13. The Labute approximate surface area is 259 Å². The molecule has 0 saturated carbocycles. The lowest BCUT2D eigenvalue weighted by Gasteiger charge is -2.26. The van der Waals surface area contributed by atoms with Crippen molar-refractivity contribution < 1.29 is 19.1 Å². The zero-order valence-corrected chi connectivity index (χ0v) is 27.1. The van der Waals surface area contributed by atoms with Crippen LogP contribution in [0.1, 0.15) is 71.7 Å². The molecule has 1 aromatic heterocycles. The Morgan fingerprint density at radius 2 is 1.67 bits per heavy atom. The van der Waals surface area contributed by atoms with Gasteiger partial charge in [0.05, 0.1) is 12.5 Å². The van der Waals surface area contributed by atoms with Crippen LogP contribution in [0.25, 0.3) is 11.1 Å². The number of aryl methyl sites for hydroxylation is 4. The van der Waals surface area contributed by atoms with E-state index in [2.05, 4.69) is 17.9 Å². The Morgan fingerprint density at radius 3 is 2.26 bits per heavy atom. The fourth-order valence-corrected chi connectivity index (χ4v) is 5.63. The lowest BCUT2D eigenvalue weighted by atomic mass is 9.90. The Kier molecular flexibility index (Phi) is 11.8. The zero-order chi connectivity index (χ0) is 32.0. The first-order chi connectivity index (χ1) is 20.2. The molecule has 0 aliphatic rings. The fourth-order valence-electron chi connectivity index (χ4n) is 5.48. The zero-order valence-electron chi connectivity index (χ0n) is 26.2. The second kappa shape index (κ2) is 14.8. The minimum Gasteiger partial charge on any atom is -0.481 e. The van der Waals surface area contributed by atoms with Gasteiger partial charge in [0, 0.05) is 24.4 Å². The molecule has 0 aliphatic heterocycles. The Bertz CT molecular complexity index is 1510. The number of amides is 1. The van der Waals surface area contributed by atoms with Gasteiger partial charge in [0.2, 0.25) is 5.91 Å². The predicted octanol–water partition coefficient (Wildman–Crippen LogP) is 5.96. The van der Waals surface area contributed by atoms with Crippen LogP contribution in [0, 0.1) is 33.5 Å². The Balaban J connectivity index is 2.09. The van der Waals surface area contributed by atoms with E-state index in [4.69, 9.17) is 0 Å². The predicted molar refractivity (Wildman–Crippen MR) is 174 cm³/mol. The SMILES string of the molecule is Cc1cc(=O)n(C(CCC(C)S)C(=O)N[C@@H](CC(=O)O)c2cc(-c3c(C)cccc3C)cc(C)c2F)cc1CCN(C)C. The molecular weight excluding hydrogens is 565 g/mol. The minimum absolute atomic E-state index is 0.0337. The normalized spacial score (nSPS) is 13.5. The smallest absolute Gasteiger partial charge is 0.305 e. The van der Waals surface area contributed by atoms with Crippen LogP contribution in [0.5, 0.6) is 0 Å². The molecule has 0 bridgehead atoms. The number of pyridine rings is 1. The maximum atomic E-state index is 15.7. The number of carboxylic acid groups (broad SMARTS) is 1. The van der Waals surface area contributed by atoms with Crippen LogP contribution in [0.15, 0.2) is 47.4 Å². The van der Waals surface area contributed by atoms with Crippen LogP contribution in [0.4, 0.5) is 4.39 Å². The summed E-state index contributed by atoms with van der Waals surface area (Å²) in [5.74, 6) is -2.29. The Hall–Kier alpha value is -3.43. The van der Waals surface area contributed by atoms with Gasteiger partial charge in [-0.25, -0.2) is 4.39 Å². The van der Waals surface area contributed by atoms with Crippen LogP contribution in [-0.4, -0.2) is 52.3 Å². The molecule has 0 aliphatic carbocycles. The number of halogens is 1. The molecule has 3 aromatic rings. The molecule has 0 saturated heterocycles. The maximum absolute atomic E-state index is 15.7. The number of carboxylic acids is 1. The van der Waals surface area contributed by atoms with Crippen molar-refractivity contribution in [2.75, 3.05) is 20.6 Å². The highest BCUT2D eigenvalue weighted by atomic mass is 32.1. The van der Waals surface area contributed by atoms with Gasteiger partial charge in [-0.1, -0.05) is 25.1 Å². The van der Waals surface area contributed by atoms with E-state index in [-0.39, 0.29) is 16.4 Å². The summed E-state index contributed by atoms with van der Waals surface area (Å²) in [7, 11) is 3.93. The van der Waals surface area contributed by atoms with E-state index in [1.54, 1.807) is 25.3 Å². The molecule has 0 fully saturated rings. The summed E-state index contributed by atoms with van der Waals surface area (Å²) >= 11 is 4.48. The standard InChI is InChI=1S/C34H44FN3O4S/c1-20-9-8-10-21(2)32(20)26-15-23(4)33(35)27(17-26)28(18-31(40)41)36-34(42)29(12-11-24(5)43)38-19-25(13-14-37(6)7)22(3)16-30(38)39/h8-10,15-17,19,24,28-29,43H,11-14,18H2,1-7H3,(H,36,42)(H,40,41)/t24?,28-,29?/m0/s1. The van der Waals surface area contributed by atoms with E-state index in [1.165, 1.54) is 10.6 Å². The van der Waals surface area contributed by atoms with Gasteiger partial charge < -0.3 is 19.9 Å². The summed E-state index contributed by atoms with van der Waals surface area (Å²) in [5, 5.41) is 12.6. The molecule has 9 heteroatoms. The molecule has 3 atom stereocenters. The van der Waals surface area contributed by atoms with Gasteiger partial charge >= 0.3 is 5.97 Å². The molecule has 2 N–H and O–H groups in total. The molecular formula is C34H44FN3O4S. The summed E-state index contributed by atoms with van der Waals surface area (Å²) in [6.07, 6.45) is 2.73. The van der Waals surface area contributed by atoms with Gasteiger partial charge in [-0.05, 0) is 117 Å². The number of hydrogen-bond acceptors (Lipinski definition) is 5. The van der Waals surface area contributed by atoms with Crippen LogP contribution >= 0.6 is 12.6 Å². The lowest BCUT2D eigenvalue weighted by molar-refractivity contribution is -0.138. The molecule has 232 valence electrons. The monoisotopic (exact) mass is 609 g/mol. The van der Waals surface area contributed by atoms with Crippen molar-refractivity contribution in [3.8, 4) is 11.1 Å². The highest BCUT2D eigenvalue weighted by Crippen LogP contribution is 2.33. The topological polar surface area (TPSA) is 91.6 Å². The summed E-state index contributed by atoms with van der Waals surface area (Å²) in [5.41, 5.74) is 5.58. The number of benzene rings is 2. The molecule has 0 radical (unpaired) electrons. The van der Waals surface area contributed by atoms with Crippen LogP contribution in [0.2, 0.25) is 0 Å². The summed E-state index contributed by atoms with van der Waals surface area (Å²) in [6, 6.07) is 8.71. The van der Waals surface area contributed by atoms with Gasteiger partial charge in [-0.15, -0.1) is 0 Å². The van der Waals surface area contributed by atoms with Crippen LogP contribution < -0.4 is 10.9 Å². The van der Waals surface area contributed by atoms with Crippen molar-refractivity contribution in [1.82, 2.24) is 14.8 Å².